The standard InChI is InChI=1S/C15H24N2O3S/c1-13(18)14-6-5-7-15(12-14)21(19,20)16-8-11-17-9-3-2-4-10-17/h5-7,12-13,16,18H,2-4,8-11H2,1H3. The first-order chi connectivity index (χ1) is 9.99. The lowest BCUT2D eigenvalue weighted by atomic mass is 10.1. The SMILES string of the molecule is CC(O)c1cccc(S(=O)(=O)NCCN2CCCCC2)c1. The van der Waals surface area contributed by atoms with E-state index in [0.29, 0.717) is 12.1 Å². The number of aliphatic hydroxyl groups is 1. The molecule has 1 fully saturated rings. The van der Waals surface area contributed by atoms with E-state index in [1.165, 1.54) is 25.3 Å². The fourth-order valence-corrected chi connectivity index (χ4v) is 3.62. The van der Waals surface area contributed by atoms with Gasteiger partial charge in [0.1, 0.15) is 0 Å². The van der Waals surface area contributed by atoms with Gasteiger partial charge in [-0.05, 0) is 50.6 Å². The Hall–Kier alpha value is -0.950. The molecule has 0 aromatic heterocycles. The first kappa shape index (κ1) is 16.4. The van der Waals surface area contributed by atoms with Crippen LogP contribution in [0.25, 0.3) is 0 Å². The van der Waals surface area contributed by atoms with Gasteiger partial charge in [0.05, 0.1) is 11.0 Å². The van der Waals surface area contributed by atoms with E-state index in [1.54, 1.807) is 25.1 Å². The third-order valence-electron chi connectivity index (χ3n) is 3.82. The van der Waals surface area contributed by atoms with Crippen LogP contribution in [-0.2, 0) is 10.0 Å². The summed E-state index contributed by atoms with van der Waals surface area (Å²) in [7, 11) is -3.50. The zero-order valence-corrected chi connectivity index (χ0v) is 13.3. The lowest BCUT2D eigenvalue weighted by Gasteiger charge is -2.26. The Bertz CT molecular complexity index is 552. The molecule has 1 heterocycles. The molecule has 1 aromatic carbocycles. The zero-order chi connectivity index (χ0) is 15.3. The average Bonchev–Trinajstić information content (AvgIpc) is 2.48. The second kappa shape index (κ2) is 7.35. The molecule has 2 N–H and O–H groups in total. The van der Waals surface area contributed by atoms with Crippen LogP contribution < -0.4 is 4.72 Å². The molecule has 118 valence electrons. The van der Waals surface area contributed by atoms with E-state index in [0.717, 1.165) is 19.6 Å². The second-order valence-electron chi connectivity index (χ2n) is 5.55. The molecule has 0 saturated carbocycles. The molecule has 6 heteroatoms. The highest BCUT2D eigenvalue weighted by atomic mass is 32.2. The van der Waals surface area contributed by atoms with Crippen LogP contribution in [0.3, 0.4) is 0 Å². The third-order valence-corrected chi connectivity index (χ3v) is 5.28. The number of benzene rings is 1. The molecule has 1 aromatic rings. The first-order valence-corrected chi connectivity index (χ1v) is 8.97. The molecule has 1 aliphatic heterocycles. The molecule has 1 atom stereocenters. The lowest BCUT2D eigenvalue weighted by Crippen LogP contribution is -2.37. The Morgan fingerprint density at radius 2 is 2.00 bits per heavy atom. The Kier molecular flexibility index (Phi) is 5.75. The molecule has 0 spiro atoms. The highest BCUT2D eigenvalue weighted by Gasteiger charge is 2.16. The Balaban J connectivity index is 1.93. The molecule has 1 unspecified atom stereocenters. The summed E-state index contributed by atoms with van der Waals surface area (Å²) < 4.78 is 27.1. The van der Waals surface area contributed by atoms with Crippen LogP contribution in [0.1, 0.15) is 37.9 Å². The fraction of sp³-hybridized carbons (Fsp3) is 0.600. The largest absolute Gasteiger partial charge is 0.389 e. The Morgan fingerprint density at radius 3 is 2.67 bits per heavy atom. The fourth-order valence-electron chi connectivity index (χ4n) is 2.55. The van der Waals surface area contributed by atoms with E-state index >= 15 is 0 Å². The van der Waals surface area contributed by atoms with Gasteiger partial charge >= 0.3 is 0 Å². The molecular weight excluding hydrogens is 288 g/mol. The maximum atomic E-state index is 12.2. The summed E-state index contributed by atoms with van der Waals surface area (Å²) in [5.74, 6) is 0. The van der Waals surface area contributed by atoms with Crippen molar-refractivity contribution in [2.75, 3.05) is 26.2 Å². The van der Waals surface area contributed by atoms with Crippen LogP contribution in [0.5, 0.6) is 0 Å². The van der Waals surface area contributed by atoms with E-state index < -0.39 is 16.1 Å². The van der Waals surface area contributed by atoms with E-state index in [2.05, 4.69) is 9.62 Å². The molecule has 0 amide bonds. The van der Waals surface area contributed by atoms with Crippen LogP contribution in [0.2, 0.25) is 0 Å². The number of likely N-dealkylation sites (tertiary alicyclic amines) is 1. The van der Waals surface area contributed by atoms with Gasteiger partial charge in [-0.1, -0.05) is 18.6 Å². The van der Waals surface area contributed by atoms with E-state index in [1.807, 2.05) is 0 Å². The smallest absolute Gasteiger partial charge is 0.240 e. The minimum Gasteiger partial charge on any atom is -0.389 e. The molecule has 1 saturated heterocycles. The number of aliphatic hydroxyl groups excluding tert-OH is 1. The van der Waals surface area contributed by atoms with Gasteiger partial charge in [0.2, 0.25) is 10.0 Å². The van der Waals surface area contributed by atoms with E-state index in [9.17, 15) is 13.5 Å². The summed E-state index contributed by atoms with van der Waals surface area (Å²) in [4.78, 5) is 2.50. The minimum absolute atomic E-state index is 0.208. The summed E-state index contributed by atoms with van der Waals surface area (Å²) in [5, 5.41) is 9.54. The molecular formula is C15H24N2O3S. The summed E-state index contributed by atoms with van der Waals surface area (Å²) >= 11 is 0. The highest BCUT2D eigenvalue weighted by Crippen LogP contribution is 2.17. The number of hydrogen-bond donors (Lipinski definition) is 2. The monoisotopic (exact) mass is 312 g/mol. The summed E-state index contributed by atoms with van der Waals surface area (Å²) in [6, 6.07) is 6.45. The normalized spacial score (nSPS) is 18.6. The highest BCUT2D eigenvalue weighted by molar-refractivity contribution is 7.89. The Labute approximate surface area is 127 Å². The van der Waals surface area contributed by atoms with Crippen molar-refractivity contribution in [2.24, 2.45) is 0 Å². The number of rotatable bonds is 6. The Morgan fingerprint density at radius 1 is 1.29 bits per heavy atom. The number of hydrogen-bond acceptors (Lipinski definition) is 4. The average molecular weight is 312 g/mol. The van der Waals surface area contributed by atoms with Crippen LogP contribution in [0.4, 0.5) is 0 Å². The zero-order valence-electron chi connectivity index (χ0n) is 12.5. The molecule has 1 aliphatic rings. The van der Waals surface area contributed by atoms with Gasteiger partial charge in [-0.15, -0.1) is 0 Å². The second-order valence-corrected chi connectivity index (χ2v) is 7.32. The van der Waals surface area contributed by atoms with Crippen LogP contribution in [0.15, 0.2) is 29.2 Å². The third kappa shape index (κ3) is 4.78. The molecule has 0 aliphatic carbocycles. The molecule has 5 nitrogen and oxygen atoms in total. The maximum Gasteiger partial charge on any atom is 0.240 e. The van der Waals surface area contributed by atoms with Gasteiger partial charge in [0.25, 0.3) is 0 Å². The van der Waals surface area contributed by atoms with Gasteiger partial charge in [0.15, 0.2) is 0 Å². The molecule has 2 rings (SSSR count). The minimum atomic E-state index is -3.50. The van der Waals surface area contributed by atoms with Gasteiger partial charge in [-0.3, -0.25) is 0 Å². The predicted octanol–water partition coefficient (Wildman–Crippen LogP) is 1.50. The topological polar surface area (TPSA) is 69.6 Å². The van der Waals surface area contributed by atoms with Crippen LogP contribution in [-0.4, -0.2) is 44.6 Å². The number of nitrogens with zero attached hydrogens (tertiary/aromatic N) is 1. The molecule has 21 heavy (non-hydrogen) atoms. The number of sulfonamides is 1. The summed E-state index contributed by atoms with van der Waals surface area (Å²) in [5.41, 5.74) is 0.605. The van der Waals surface area contributed by atoms with Crippen molar-refractivity contribution in [3.63, 3.8) is 0 Å². The lowest BCUT2D eigenvalue weighted by molar-refractivity contribution is 0.199. The van der Waals surface area contributed by atoms with Crippen molar-refractivity contribution < 1.29 is 13.5 Å². The van der Waals surface area contributed by atoms with Crippen molar-refractivity contribution in [3.05, 3.63) is 29.8 Å². The van der Waals surface area contributed by atoms with E-state index in [4.69, 9.17) is 0 Å². The number of piperidine rings is 1. The summed E-state index contributed by atoms with van der Waals surface area (Å²) in [6.45, 7) is 4.89. The molecule has 0 radical (unpaired) electrons. The van der Waals surface area contributed by atoms with Crippen molar-refractivity contribution in [2.45, 2.75) is 37.2 Å². The van der Waals surface area contributed by atoms with Crippen LogP contribution in [0, 0.1) is 0 Å². The van der Waals surface area contributed by atoms with Gasteiger partial charge in [-0.25, -0.2) is 13.1 Å². The summed E-state index contributed by atoms with van der Waals surface area (Å²) in [6.07, 6.45) is 2.99. The van der Waals surface area contributed by atoms with Crippen molar-refractivity contribution in [1.29, 1.82) is 0 Å². The quantitative estimate of drug-likeness (QED) is 0.835. The van der Waals surface area contributed by atoms with Crippen molar-refractivity contribution >= 4 is 10.0 Å². The van der Waals surface area contributed by atoms with Crippen molar-refractivity contribution in [1.82, 2.24) is 9.62 Å². The predicted molar refractivity (Wildman–Crippen MR) is 82.6 cm³/mol. The maximum absolute atomic E-state index is 12.2. The van der Waals surface area contributed by atoms with Crippen LogP contribution >= 0.6 is 0 Å². The first-order valence-electron chi connectivity index (χ1n) is 7.49. The van der Waals surface area contributed by atoms with Crippen molar-refractivity contribution in [3.8, 4) is 0 Å². The van der Waals surface area contributed by atoms with Gasteiger partial charge in [0, 0.05) is 13.1 Å². The van der Waals surface area contributed by atoms with Gasteiger partial charge in [-0.2, -0.15) is 0 Å². The van der Waals surface area contributed by atoms with E-state index in [-0.39, 0.29) is 4.90 Å². The number of nitrogens with one attached hydrogen (secondary N) is 1. The van der Waals surface area contributed by atoms with Gasteiger partial charge < -0.3 is 10.0 Å². The molecule has 0 bridgehead atoms.